The van der Waals surface area contributed by atoms with E-state index in [2.05, 4.69) is 0 Å². The zero-order valence-corrected chi connectivity index (χ0v) is 15.9. The minimum atomic E-state index is 0.122. The van der Waals surface area contributed by atoms with Gasteiger partial charge in [0.05, 0.1) is 13.2 Å². The van der Waals surface area contributed by atoms with Crippen LogP contribution in [0.4, 0.5) is 5.69 Å². The Morgan fingerprint density at radius 3 is 2.85 bits per heavy atom. The van der Waals surface area contributed by atoms with Gasteiger partial charge >= 0.3 is 0 Å². The molecule has 2 aromatic rings. The highest BCUT2D eigenvalue weighted by Gasteiger charge is 2.23. The molecule has 1 fully saturated rings. The topological polar surface area (TPSA) is 64.8 Å². The Balaban J connectivity index is 1.67. The molecule has 1 amide bonds. The first-order valence-electron chi connectivity index (χ1n) is 9.51. The minimum Gasteiger partial charge on any atom is -0.497 e. The van der Waals surface area contributed by atoms with Gasteiger partial charge in [-0.2, -0.15) is 0 Å². The SMILES string of the molecule is COc1cccc(CN(CC2CCCO2)C(=O)CCc2ccccc2N)c1. The maximum atomic E-state index is 13.0. The van der Waals surface area contributed by atoms with Gasteiger partial charge in [0.2, 0.25) is 5.91 Å². The summed E-state index contributed by atoms with van der Waals surface area (Å²) < 4.78 is 11.1. The molecule has 0 spiro atoms. The summed E-state index contributed by atoms with van der Waals surface area (Å²) >= 11 is 0. The zero-order chi connectivity index (χ0) is 19.1. The predicted octanol–water partition coefficient (Wildman–Crippen LogP) is 3.42. The van der Waals surface area contributed by atoms with Crippen LogP contribution >= 0.6 is 0 Å². The Bertz CT molecular complexity index is 757. The summed E-state index contributed by atoms with van der Waals surface area (Å²) in [7, 11) is 1.65. The number of para-hydroxylation sites is 1. The molecule has 0 bridgehead atoms. The van der Waals surface area contributed by atoms with E-state index in [-0.39, 0.29) is 12.0 Å². The van der Waals surface area contributed by atoms with E-state index in [4.69, 9.17) is 15.2 Å². The van der Waals surface area contributed by atoms with Crippen LogP contribution in [0.1, 0.15) is 30.4 Å². The molecular formula is C22H28N2O3. The van der Waals surface area contributed by atoms with Crippen LogP contribution in [-0.2, 0) is 22.5 Å². The fraction of sp³-hybridized carbons (Fsp3) is 0.409. The molecule has 1 unspecified atom stereocenters. The number of aryl methyl sites for hydroxylation is 1. The Morgan fingerprint density at radius 2 is 2.11 bits per heavy atom. The standard InChI is InChI=1S/C22H28N2O3/c1-26-19-8-4-6-17(14-19)15-24(16-20-9-5-13-27-20)22(25)12-11-18-7-2-3-10-21(18)23/h2-4,6-8,10,14,20H,5,9,11-13,15-16,23H2,1H3. The number of hydrogen-bond donors (Lipinski definition) is 1. The third kappa shape index (κ3) is 5.47. The van der Waals surface area contributed by atoms with Gasteiger partial charge in [-0.05, 0) is 48.6 Å². The summed E-state index contributed by atoms with van der Waals surface area (Å²) in [5.74, 6) is 0.922. The Hall–Kier alpha value is -2.53. The van der Waals surface area contributed by atoms with Crippen LogP contribution < -0.4 is 10.5 Å². The molecule has 0 aliphatic carbocycles. The molecule has 0 saturated carbocycles. The summed E-state index contributed by atoms with van der Waals surface area (Å²) in [4.78, 5) is 14.9. The molecule has 3 rings (SSSR count). The first-order valence-corrected chi connectivity index (χ1v) is 9.51. The average molecular weight is 368 g/mol. The summed E-state index contributed by atoms with van der Waals surface area (Å²) in [6, 6.07) is 15.6. The van der Waals surface area contributed by atoms with Crippen molar-refractivity contribution in [2.45, 2.75) is 38.3 Å². The van der Waals surface area contributed by atoms with Crippen LogP contribution in [-0.4, -0.2) is 37.2 Å². The number of carbonyl (C=O) groups is 1. The molecule has 0 radical (unpaired) electrons. The van der Waals surface area contributed by atoms with E-state index >= 15 is 0 Å². The number of methoxy groups -OCH3 is 1. The first kappa shape index (κ1) is 19.2. The van der Waals surface area contributed by atoms with Crippen LogP contribution in [0.15, 0.2) is 48.5 Å². The Labute approximate surface area is 161 Å². The lowest BCUT2D eigenvalue weighted by Gasteiger charge is -2.26. The monoisotopic (exact) mass is 368 g/mol. The molecule has 27 heavy (non-hydrogen) atoms. The molecule has 5 heteroatoms. The largest absolute Gasteiger partial charge is 0.497 e. The lowest BCUT2D eigenvalue weighted by atomic mass is 10.1. The minimum absolute atomic E-state index is 0.122. The third-order valence-electron chi connectivity index (χ3n) is 4.97. The summed E-state index contributed by atoms with van der Waals surface area (Å²) in [6.45, 7) is 1.97. The number of anilines is 1. The number of carbonyl (C=O) groups excluding carboxylic acids is 1. The number of hydrogen-bond acceptors (Lipinski definition) is 4. The van der Waals surface area contributed by atoms with E-state index in [9.17, 15) is 4.79 Å². The van der Waals surface area contributed by atoms with Gasteiger partial charge in [0, 0.05) is 31.8 Å². The first-order chi connectivity index (χ1) is 13.2. The molecule has 5 nitrogen and oxygen atoms in total. The predicted molar refractivity (Wildman–Crippen MR) is 107 cm³/mol. The van der Waals surface area contributed by atoms with E-state index < -0.39 is 0 Å². The molecule has 144 valence electrons. The average Bonchev–Trinajstić information content (AvgIpc) is 3.20. The number of nitrogen functional groups attached to an aromatic ring is 1. The molecule has 0 aromatic heterocycles. The van der Waals surface area contributed by atoms with Crippen molar-refractivity contribution in [2.75, 3.05) is 26.0 Å². The van der Waals surface area contributed by atoms with Gasteiger partial charge < -0.3 is 20.1 Å². The molecule has 1 saturated heterocycles. The second-order valence-electron chi connectivity index (χ2n) is 6.96. The van der Waals surface area contributed by atoms with Crippen molar-refractivity contribution in [3.05, 3.63) is 59.7 Å². The van der Waals surface area contributed by atoms with Crippen molar-refractivity contribution < 1.29 is 14.3 Å². The molecule has 1 heterocycles. The summed E-state index contributed by atoms with van der Waals surface area (Å²) in [6.07, 6.45) is 3.28. The van der Waals surface area contributed by atoms with Crippen LogP contribution in [0.5, 0.6) is 5.75 Å². The van der Waals surface area contributed by atoms with Gasteiger partial charge in [-0.3, -0.25) is 4.79 Å². The van der Waals surface area contributed by atoms with Crippen molar-refractivity contribution in [1.29, 1.82) is 0 Å². The fourth-order valence-electron chi connectivity index (χ4n) is 3.44. The number of amides is 1. The van der Waals surface area contributed by atoms with Gasteiger partial charge in [-0.15, -0.1) is 0 Å². The van der Waals surface area contributed by atoms with Gasteiger partial charge in [-0.25, -0.2) is 0 Å². The molecule has 1 aliphatic rings. The third-order valence-corrected chi connectivity index (χ3v) is 4.97. The fourth-order valence-corrected chi connectivity index (χ4v) is 3.44. The molecule has 2 aromatic carbocycles. The maximum absolute atomic E-state index is 13.0. The second-order valence-corrected chi connectivity index (χ2v) is 6.96. The highest BCUT2D eigenvalue weighted by molar-refractivity contribution is 5.76. The number of nitrogens with zero attached hydrogens (tertiary/aromatic N) is 1. The summed E-state index contributed by atoms with van der Waals surface area (Å²) in [5, 5.41) is 0. The van der Waals surface area contributed by atoms with E-state index in [1.54, 1.807) is 7.11 Å². The van der Waals surface area contributed by atoms with Crippen molar-refractivity contribution >= 4 is 11.6 Å². The van der Waals surface area contributed by atoms with Gasteiger partial charge in [0.15, 0.2) is 0 Å². The lowest BCUT2D eigenvalue weighted by Crippen LogP contribution is -2.37. The van der Waals surface area contributed by atoms with Crippen molar-refractivity contribution in [1.82, 2.24) is 4.90 Å². The van der Waals surface area contributed by atoms with E-state index in [1.165, 1.54) is 0 Å². The molecule has 1 aliphatic heterocycles. The molecule has 1 atom stereocenters. The maximum Gasteiger partial charge on any atom is 0.223 e. The zero-order valence-electron chi connectivity index (χ0n) is 15.9. The molecule has 2 N–H and O–H groups in total. The number of ether oxygens (including phenoxy) is 2. The number of nitrogens with two attached hydrogens (primary N) is 1. The van der Waals surface area contributed by atoms with E-state index in [0.29, 0.717) is 25.9 Å². The number of benzene rings is 2. The lowest BCUT2D eigenvalue weighted by molar-refractivity contribution is -0.133. The summed E-state index contributed by atoms with van der Waals surface area (Å²) in [5.41, 5.74) is 8.82. The molecular weight excluding hydrogens is 340 g/mol. The van der Waals surface area contributed by atoms with Gasteiger partial charge in [0.1, 0.15) is 5.75 Å². The van der Waals surface area contributed by atoms with Gasteiger partial charge in [0.25, 0.3) is 0 Å². The van der Waals surface area contributed by atoms with Crippen LogP contribution in [0.2, 0.25) is 0 Å². The normalized spacial score (nSPS) is 16.3. The number of rotatable bonds is 8. The quantitative estimate of drug-likeness (QED) is 0.725. The Morgan fingerprint density at radius 1 is 1.26 bits per heavy atom. The van der Waals surface area contributed by atoms with Crippen LogP contribution in [0, 0.1) is 0 Å². The highest BCUT2D eigenvalue weighted by atomic mass is 16.5. The van der Waals surface area contributed by atoms with Crippen molar-refractivity contribution in [3.63, 3.8) is 0 Å². The van der Waals surface area contributed by atoms with E-state index in [0.717, 1.165) is 42.0 Å². The second kappa shape index (κ2) is 9.42. The van der Waals surface area contributed by atoms with Crippen molar-refractivity contribution in [2.24, 2.45) is 0 Å². The Kier molecular flexibility index (Phi) is 6.71. The smallest absolute Gasteiger partial charge is 0.223 e. The van der Waals surface area contributed by atoms with Crippen LogP contribution in [0.25, 0.3) is 0 Å². The van der Waals surface area contributed by atoms with Crippen LogP contribution in [0.3, 0.4) is 0 Å². The highest BCUT2D eigenvalue weighted by Crippen LogP contribution is 2.20. The van der Waals surface area contributed by atoms with Gasteiger partial charge in [-0.1, -0.05) is 30.3 Å². The van der Waals surface area contributed by atoms with E-state index in [1.807, 2.05) is 53.4 Å². The van der Waals surface area contributed by atoms with Crippen molar-refractivity contribution in [3.8, 4) is 5.75 Å².